The number of amides is 1. The molecule has 0 atom stereocenters. The number of halogens is 2. The Bertz CT molecular complexity index is 627. The summed E-state index contributed by atoms with van der Waals surface area (Å²) >= 11 is 5.87. The van der Waals surface area contributed by atoms with Gasteiger partial charge in [-0.15, -0.1) is 0 Å². The lowest BCUT2D eigenvalue weighted by Gasteiger charge is -2.10. The predicted molar refractivity (Wildman–Crippen MR) is 71.9 cm³/mol. The summed E-state index contributed by atoms with van der Waals surface area (Å²) in [6.07, 6.45) is 1.26. The van der Waals surface area contributed by atoms with Gasteiger partial charge in [0, 0.05) is 0 Å². The molecule has 1 heterocycles. The quantitative estimate of drug-likeness (QED) is 0.804. The fourth-order valence-electron chi connectivity index (χ4n) is 1.49. The van der Waals surface area contributed by atoms with Gasteiger partial charge < -0.3 is 16.8 Å². The van der Waals surface area contributed by atoms with Crippen LogP contribution in [-0.2, 0) is 0 Å². The summed E-state index contributed by atoms with van der Waals surface area (Å²) in [5.41, 5.74) is 11.0. The van der Waals surface area contributed by atoms with E-state index in [0.717, 1.165) is 0 Å². The van der Waals surface area contributed by atoms with Gasteiger partial charge in [0.05, 0.1) is 28.2 Å². The molecule has 5 nitrogen and oxygen atoms in total. The summed E-state index contributed by atoms with van der Waals surface area (Å²) in [6, 6.07) is 5.59. The van der Waals surface area contributed by atoms with Gasteiger partial charge in [0.25, 0.3) is 5.91 Å². The maximum Gasteiger partial charge on any atom is 0.250 e. The van der Waals surface area contributed by atoms with Crippen molar-refractivity contribution in [3.05, 3.63) is 46.9 Å². The molecule has 1 amide bonds. The summed E-state index contributed by atoms with van der Waals surface area (Å²) in [4.78, 5) is 15.1. The maximum atomic E-state index is 13.6. The van der Waals surface area contributed by atoms with E-state index in [1.165, 1.54) is 30.5 Å². The number of para-hydroxylation sites is 1. The lowest BCUT2D eigenvalue weighted by atomic mass is 10.2. The van der Waals surface area contributed by atoms with Crippen molar-refractivity contribution in [2.75, 3.05) is 11.1 Å². The van der Waals surface area contributed by atoms with Gasteiger partial charge in [0.15, 0.2) is 0 Å². The molecule has 2 rings (SSSR count). The topological polar surface area (TPSA) is 94.0 Å². The second-order valence-corrected chi connectivity index (χ2v) is 4.15. The standard InChI is InChI=1S/C12H10ClFN4O/c13-7-2-1-3-8(14)11(7)18-10-4-6(12(16)19)9(15)5-17-10/h1-5H,15H2,(H2,16,19)(H,17,18). The molecule has 0 radical (unpaired) electrons. The molecular formula is C12H10ClFN4O. The number of hydrogen-bond donors (Lipinski definition) is 3. The molecule has 0 aliphatic rings. The maximum absolute atomic E-state index is 13.6. The van der Waals surface area contributed by atoms with Crippen LogP contribution in [0.1, 0.15) is 10.4 Å². The van der Waals surface area contributed by atoms with Crippen LogP contribution in [0.3, 0.4) is 0 Å². The van der Waals surface area contributed by atoms with Crippen LogP contribution in [0.5, 0.6) is 0 Å². The van der Waals surface area contributed by atoms with Crippen LogP contribution in [0.2, 0.25) is 5.02 Å². The van der Waals surface area contributed by atoms with Crippen molar-refractivity contribution in [2.24, 2.45) is 5.73 Å². The molecule has 0 saturated carbocycles. The van der Waals surface area contributed by atoms with E-state index in [1.54, 1.807) is 0 Å². The summed E-state index contributed by atoms with van der Waals surface area (Å²) in [6.45, 7) is 0. The molecule has 5 N–H and O–H groups in total. The summed E-state index contributed by atoms with van der Waals surface area (Å²) in [5, 5.41) is 2.88. The molecule has 0 aliphatic carbocycles. The molecule has 0 aliphatic heterocycles. The molecule has 0 fully saturated rings. The van der Waals surface area contributed by atoms with Crippen LogP contribution < -0.4 is 16.8 Å². The third-order valence-electron chi connectivity index (χ3n) is 2.42. The van der Waals surface area contributed by atoms with Gasteiger partial charge in [-0.1, -0.05) is 17.7 Å². The van der Waals surface area contributed by atoms with Crippen molar-refractivity contribution < 1.29 is 9.18 Å². The molecule has 1 aromatic carbocycles. The van der Waals surface area contributed by atoms with Gasteiger partial charge in [-0.2, -0.15) is 0 Å². The highest BCUT2D eigenvalue weighted by Gasteiger charge is 2.11. The molecule has 7 heteroatoms. The van der Waals surface area contributed by atoms with Crippen molar-refractivity contribution in [1.82, 2.24) is 4.98 Å². The number of aromatic nitrogens is 1. The molecule has 19 heavy (non-hydrogen) atoms. The van der Waals surface area contributed by atoms with Gasteiger partial charge in [-0.3, -0.25) is 4.79 Å². The van der Waals surface area contributed by atoms with Gasteiger partial charge in [0.2, 0.25) is 0 Å². The van der Waals surface area contributed by atoms with Crippen LogP contribution in [0.4, 0.5) is 21.6 Å². The van der Waals surface area contributed by atoms with E-state index in [0.29, 0.717) is 0 Å². The van der Waals surface area contributed by atoms with Crippen molar-refractivity contribution in [3.8, 4) is 0 Å². The van der Waals surface area contributed by atoms with Gasteiger partial charge >= 0.3 is 0 Å². The Morgan fingerprint density at radius 1 is 1.42 bits per heavy atom. The van der Waals surface area contributed by atoms with E-state index in [9.17, 15) is 9.18 Å². The van der Waals surface area contributed by atoms with Crippen LogP contribution in [0, 0.1) is 5.82 Å². The van der Waals surface area contributed by atoms with Crippen LogP contribution in [0.25, 0.3) is 0 Å². The number of benzene rings is 1. The van der Waals surface area contributed by atoms with E-state index in [4.69, 9.17) is 23.1 Å². The predicted octanol–water partition coefficient (Wildman–Crippen LogP) is 2.30. The van der Waals surface area contributed by atoms with E-state index in [1.807, 2.05) is 0 Å². The Balaban J connectivity index is 2.39. The molecule has 0 spiro atoms. The fraction of sp³-hybridized carbons (Fsp3) is 0. The Hall–Kier alpha value is -2.34. The minimum absolute atomic E-state index is 0.0665. The second-order valence-electron chi connectivity index (χ2n) is 3.74. The van der Waals surface area contributed by atoms with Crippen molar-refractivity contribution in [1.29, 1.82) is 0 Å². The molecule has 1 aromatic heterocycles. The Kier molecular flexibility index (Phi) is 3.52. The smallest absolute Gasteiger partial charge is 0.250 e. The number of nitrogens with one attached hydrogen (secondary N) is 1. The van der Waals surface area contributed by atoms with Crippen molar-refractivity contribution in [3.63, 3.8) is 0 Å². The highest BCUT2D eigenvalue weighted by atomic mass is 35.5. The zero-order valence-corrected chi connectivity index (χ0v) is 10.4. The molecule has 2 aromatic rings. The van der Waals surface area contributed by atoms with E-state index in [2.05, 4.69) is 10.3 Å². The fourth-order valence-corrected chi connectivity index (χ4v) is 1.70. The lowest BCUT2D eigenvalue weighted by Crippen LogP contribution is -2.14. The van der Waals surface area contributed by atoms with Crippen molar-refractivity contribution >= 4 is 34.7 Å². The third-order valence-corrected chi connectivity index (χ3v) is 2.73. The molecule has 0 saturated heterocycles. The number of pyridine rings is 1. The number of nitrogens with zero attached hydrogens (tertiary/aromatic N) is 1. The normalized spacial score (nSPS) is 10.2. The van der Waals surface area contributed by atoms with Crippen molar-refractivity contribution in [2.45, 2.75) is 0 Å². The number of nitrogen functional groups attached to an aromatic ring is 1. The van der Waals surface area contributed by atoms with Crippen LogP contribution in [-0.4, -0.2) is 10.9 Å². The van der Waals surface area contributed by atoms with Crippen LogP contribution in [0.15, 0.2) is 30.5 Å². The zero-order chi connectivity index (χ0) is 14.0. The molecule has 98 valence electrons. The Morgan fingerprint density at radius 3 is 2.79 bits per heavy atom. The Labute approximate surface area is 113 Å². The molecule has 0 unspecified atom stereocenters. The van der Waals surface area contributed by atoms with Gasteiger partial charge in [-0.25, -0.2) is 9.37 Å². The number of anilines is 3. The number of rotatable bonds is 3. The third kappa shape index (κ3) is 2.74. The largest absolute Gasteiger partial charge is 0.397 e. The highest BCUT2D eigenvalue weighted by Crippen LogP contribution is 2.28. The summed E-state index contributed by atoms with van der Waals surface area (Å²) in [7, 11) is 0. The Morgan fingerprint density at radius 2 is 2.16 bits per heavy atom. The summed E-state index contributed by atoms with van der Waals surface area (Å²) < 4.78 is 13.6. The van der Waals surface area contributed by atoms with Crippen LogP contribution >= 0.6 is 11.6 Å². The van der Waals surface area contributed by atoms with E-state index >= 15 is 0 Å². The van der Waals surface area contributed by atoms with Gasteiger partial charge in [-0.05, 0) is 18.2 Å². The first-order valence-corrected chi connectivity index (χ1v) is 5.63. The number of primary amides is 1. The number of carbonyl (C=O) groups excluding carboxylic acids is 1. The second kappa shape index (κ2) is 5.11. The highest BCUT2D eigenvalue weighted by molar-refractivity contribution is 6.33. The number of hydrogen-bond acceptors (Lipinski definition) is 4. The first kappa shape index (κ1) is 13.1. The average Bonchev–Trinajstić information content (AvgIpc) is 2.35. The first-order chi connectivity index (χ1) is 8.99. The van der Waals surface area contributed by atoms with E-state index in [-0.39, 0.29) is 27.8 Å². The summed E-state index contributed by atoms with van der Waals surface area (Å²) in [5.74, 6) is -1.01. The van der Waals surface area contributed by atoms with E-state index < -0.39 is 11.7 Å². The zero-order valence-electron chi connectivity index (χ0n) is 9.65. The SMILES string of the molecule is NC(=O)c1cc(Nc2c(F)cccc2Cl)ncc1N. The first-order valence-electron chi connectivity index (χ1n) is 5.25. The molecular weight excluding hydrogens is 271 g/mol. The number of carbonyl (C=O) groups is 1. The van der Waals surface area contributed by atoms with Gasteiger partial charge in [0.1, 0.15) is 11.6 Å². The monoisotopic (exact) mass is 280 g/mol. The number of nitrogens with two attached hydrogens (primary N) is 2. The minimum atomic E-state index is -0.692. The minimum Gasteiger partial charge on any atom is -0.397 e. The molecule has 0 bridgehead atoms. The average molecular weight is 281 g/mol. The lowest BCUT2D eigenvalue weighted by molar-refractivity contribution is 0.100.